The van der Waals surface area contributed by atoms with E-state index in [9.17, 15) is 0 Å². The number of hydrogen-bond acceptors (Lipinski definition) is 4. The number of halogens is 1. The standard InChI is InChI=1S/C12H21BrN2OS/c1-5-8-17-12(13)14-10(2,3)9-11(4)15(12)6-7-16-11/h5,14H,1,6-9H2,2-4H3/t11-,12-/m1/s1. The van der Waals surface area contributed by atoms with E-state index in [2.05, 4.69) is 53.5 Å². The third-order valence-electron chi connectivity index (χ3n) is 3.30. The molecule has 0 spiro atoms. The molecule has 2 aliphatic rings. The smallest absolute Gasteiger partial charge is 0.180 e. The molecule has 1 N–H and O–H groups in total. The average molecular weight is 321 g/mol. The molecule has 2 heterocycles. The summed E-state index contributed by atoms with van der Waals surface area (Å²) in [6.07, 6.45) is 2.92. The van der Waals surface area contributed by atoms with Crippen molar-refractivity contribution < 1.29 is 4.74 Å². The fourth-order valence-electron chi connectivity index (χ4n) is 2.90. The van der Waals surface area contributed by atoms with Gasteiger partial charge in [0.15, 0.2) is 3.90 Å². The molecule has 5 heteroatoms. The highest BCUT2D eigenvalue weighted by Gasteiger charge is 2.56. The lowest BCUT2D eigenvalue weighted by molar-refractivity contribution is -0.127. The fourth-order valence-corrected chi connectivity index (χ4v) is 5.51. The van der Waals surface area contributed by atoms with Gasteiger partial charge < -0.3 is 4.74 Å². The fraction of sp³-hybridized carbons (Fsp3) is 0.833. The van der Waals surface area contributed by atoms with E-state index >= 15 is 0 Å². The molecule has 0 aromatic heterocycles. The van der Waals surface area contributed by atoms with Crippen LogP contribution >= 0.6 is 27.7 Å². The summed E-state index contributed by atoms with van der Waals surface area (Å²) in [5.41, 5.74) is -0.125. The second-order valence-electron chi connectivity index (χ2n) is 5.52. The van der Waals surface area contributed by atoms with Gasteiger partial charge in [-0.25, -0.2) is 4.90 Å². The van der Waals surface area contributed by atoms with Gasteiger partial charge in [0, 0.05) is 24.3 Å². The number of fused-ring (bicyclic) bond motifs is 1. The zero-order valence-electron chi connectivity index (χ0n) is 10.8. The second kappa shape index (κ2) is 4.53. The predicted molar refractivity (Wildman–Crippen MR) is 77.2 cm³/mol. The zero-order valence-corrected chi connectivity index (χ0v) is 13.2. The van der Waals surface area contributed by atoms with Crippen LogP contribution in [0.2, 0.25) is 0 Å². The van der Waals surface area contributed by atoms with Gasteiger partial charge in [0.1, 0.15) is 5.72 Å². The first-order valence-electron chi connectivity index (χ1n) is 5.96. The molecule has 0 radical (unpaired) electrons. The Bertz CT molecular complexity index is 326. The Hall–Kier alpha value is 0.450. The quantitative estimate of drug-likeness (QED) is 0.491. The molecule has 0 amide bonds. The van der Waals surface area contributed by atoms with Gasteiger partial charge >= 0.3 is 0 Å². The zero-order chi connectivity index (χ0) is 12.7. The SMILES string of the molecule is C=CCS[C@]1(Br)NC(C)(C)C[C@@]2(C)OCCN21. The number of nitrogens with zero attached hydrogens (tertiary/aromatic N) is 1. The third-order valence-corrected chi connectivity index (χ3v) is 5.72. The van der Waals surface area contributed by atoms with E-state index in [1.807, 2.05) is 17.8 Å². The molecule has 2 rings (SSSR count). The van der Waals surface area contributed by atoms with E-state index in [0.717, 1.165) is 25.3 Å². The molecule has 2 aliphatic heterocycles. The molecule has 2 atom stereocenters. The molecule has 98 valence electrons. The lowest BCUT2D eigenvalue weighted by Gasteiger charge is -2.55. The highest BCUT2D eigenvalue weighted by atomic mass is 79.9. The average Bonchev–Trinajstić information content (AvgIpc) is 2.55. The molecular formula is C12H21BrN2OS. The van der Waals surface area contributed by atoms with Crippen LogP contribution < -0.4 is 5.32 Å². The first kappa shape index (κ1) is 13.9. The summed E-state index contributed by atoms with van der Waals surface area (Å²) in [6, 6.07) is 0. The summed E-state index contributed by atoms with van der Waals surface area (Å²) in [5, 5.41) is 3.68. The number of alkyl halides is 1. The van der Waals surface area contributed by atoms with E-state index in [1.165, 1.54) is 0 Å². The van der Waals surface area contributed by atoms with Gasteiger partial charge in [-0.05, 0) is 36.7 Å². The van der Waals surface area contributed by atoms with Crippen molar-refractivity contribution in [2.75, 3.05) is 18.9 Å². The number of hydrogen-bond donors (Lipinski definition) is 1. The molecule has 0 bridgehead atoms. The van der Waals surface area contributed by atoms with E-state index in [-0.39, 0.29) is 15.2 Å². The summed E-state index contributed by atoms with van der Waals surface area (Å²) >= 11 is 5.68. The number of rotatable bonds is 3. The molecule has 0 aliphatic carbocycles. The third kappa shape index (κ3) is 2.59. The number of thioether (sulfide) groups is 1. The van der Waals surface area contributed by atoms with Gasteiger partial charge in [-0.2, -0.15) is 0 Å². The van der Waals surface area contributed by atoms with Crippen LogP contribution in [0.15, 0.2) is 12.7 Å². The molecule has 0 aromatic rings. The summed E-state index contributed by atoms with van der Waals surface area (Å²) in [6.45, 7) is 12.2. The predicted octanol–water partition coefficient (Wildman–Crippen LogP) is 2.73. The first-order valence-corrected chi connectivity index (χ1v) is 7.74. The van der Waals surface area contributed by atoms with E-state index in [4.69, 9.17) is 4.74 Å². The van der Waals surface area contributed by atoms with Crippen molar-refractivity contribution in [2.24, 2.45) is 0 Å². The Morgan fingerprint density at radius 3 is 2.88 bits per heavy atom. The maximum atomic E-state index is 5.97. The summed E-state index contributed by atoms with van der Waals surface area (Å²) in [5.74, 6) is 0.904. The molecule has 3 nitrogen and oxygen atoms in total. The minimum atomic E-state index is -0.256. The lowest BCUT2D eigenvalue weighted by atomic mass is 9.90. The van der Waals surface area contributed by atoms with Crippen LogP contribution in [0.1, 0.15) is 27.2 Å². The number of ether oxygens (including phenoxy) is 1. The van der Waals surface area contributed by atoms with Crippen LogP contribution in [0.25, 0.3) is 0 Å². The minimum Gasteiger partial charge on any atom is -0.359 e. The largest absolute Gasteiger partial charge is 0.359 e. The van der Waals surface area contributed by atoms with E-state index in [1.54, 1.807) is 0 Å². The van der Waals surface area contributed by atoms with Crippen molar-refractivity contribution in [1.29, 1.82) is 0 Å². The van der Waals surface area contributed by atoms with Crippen LogP contribution in [0.4, 0.5) is 0 Å². The maximum absolute atomic E-state index is 5.97. The molecular weight excluding hydrogens is 300 g/mol. The van der Waals surface area contributed by atoms with Crippen LogP contribution in [0.5, 0.6) is 0 Å². The molecule has 0 unspecified atom stereocenters. The van der Waals surface area contributed by atoms with Gasteiger partial charge in [-0.15, -0.1) is 18.3 Å². The Morgan fingerprint density at radius 1 is 1.53 bits per heavy atom. The van der Waals surface area contributed by atoms with Gasteiger partial charge in [-0.1, -0.05) is 6.08 Å². The highest BCUT2D eigenvalue weighted by molar-refractivity contribution is 9.11. The number of nitrogens with one attached hydrogen (secondary N) is 1. The van der Waals surface area contributed by atoms with E-state index < -0.39 is 0 Å². The van der Waals surface area contributed by atoms with Crippen molar-refractivity contribution in [1.82, 2.24) is 10.2 Å². The molecule has 0 aromatic carbocycles. The molecule has 2 saturated heterocycles. The van der Waals surface area contributed by atoms with Gasteiger partial charge in [-0.3, -0.25) is 5.32 Å². The topological polar surface area (TPSA) is 24.5 Å². The summed E-state index contributed by atoms with van der Waals surface area (Å²) < 4.78 is 5.72. The minimum absolute atomic E-state index is 0.0489. The van der Waals surface area contributed by atoms with Crippen LogP contribution in [0.3, 0.4) is 0 Å². The Kier molecular flexibility index (Phi) is 3.69. The van der Waals surface area contributed by atoms with Crippen molar-refractivity contribution in [3.63, 3.8) is 0 Å². The van der Waals surface area contributed by atoms with Gasteiger partial charge in [0.25, 0.3) is 0 Å². The van der Waals surface area contributed by atoms with Crippen LogP contribution in [-0.4, -0.2) is 39.0 Å². The van der Waals surface area contributed by atoms with Gasteiger partial charge in [0.05, 0.1) is 6.61 Å². The Morgan fingerprint density at radius 2 is 2.24 bits per heavy atom. The van der Waals surface area contributed by atoms with Crippen LogP contribution in [-0.2, 0) is 4.74 Å². The maximum Gasteiger partial charge on any atom is 0.180 e. The Labute approximate surface area is 116 Å². The monoisotopic (exact) mass is 320 g/mol. The first-order chi connectivity index (χ1) is 7.81. The Balaban J connectivity index is 2.26. The highest BCUT2D eigenvalue weighted by Crippen LogP contribution is 2.48. The summed E-state index contributed by atoms with van der Waals surface area (Å²) in [7, 11) is 0. The molecule has 2 fully saturated rings. The van der Waals surface area contributed by atoms with Crippen molar-refractivity contribution in [3.8, 4) is 0 Å². The second-order valence-corrected chi connectivity index (χ2v) is 8.41. The van der Waals surface area contributed by atoms with Crippen molar-refractivity contribution in [2.45, 2.75) is 42.4 Å². The van der Waals surface area contributed by atoms with E-state index in [0.29, 0.717) is 0 Å². The summed E-state index contributed by atoms with van der Waals surface area (Å²) in [4.78, 5) is 2.37. The normalized spacial score (nSPS) is 41.2. The molecule has 0 saturated carbocycles. The van der Waals surface area contributed by atoms with Gasteiger partial charge in [0.2, 0.25) is 0 Å². The van der Waals surface area contributed by atoms with Crippen LogP contribution in [0, 0.1) is 0 Å². The lowest BCUT2D eigenvalue weighted by Crippen LogP contribution is -2.70. The van der Waals surface area contributed by atoms with Crippen molar-refractivity contribution >= 4 is 27.7 Å². The van der Waals surface area contributed by atoms with Crippen molar-refractivity contribution in [3.05, 3.63) is 12.7 Å². The molecule has 17 heavy (non-hydrogen) atoms.